The number of nitrogens with zero attached hydrogens (tertiary/aromatic N) is 4. The monoisotopic (exact) mass is 553 g/mol. The van der Waals surface area contributed by atoms with Gasteiger partial charge in [0, 0.05) is 51.7 Å². The largest absolute Gasteiger partial charge is 0.406 e. The van der Waals surface area contributed by atoms with Gasteiger partial charge in [-0.2, -0.15) is 13.2 Å². The Kier molecular flexibility index (Phi) is 10.3. The molecule has 0 aliphatic carbocycles. The van der Waals surface area contributed by atoms with E-state index in [9.17, 15) is 18.0 Å². The van der Waals surface area contributed by atoms with Crippen LogP contribution in [0.2, 0.25) is 4.34 Å². The highest BCUT2D eigenvalue weighted by molar-refractivity contribution is 14.0. The quantitative estimate of drug-likeness (QED) is 0.346. The van der Waals surface area contributed by atoms with Gasteiger partial charge >= 0.3 is 6.18 Å². The highest BCUT2D eigenvalue weighted by Gasteiger charge is 2.31. The molecule has 2 rings (SSSR count). The maximum absolute atomic E-state index is 12.4. The third-order valence-electron chi connectivity index (χ3n) is 4.13. The molecular formula is C16H24ClF3IN5OS. The topological polar surface area (TPSA) is 51.2 Å². The molecule has 1 aliphatic rings. The van der Waals surface area contributed by atoms with Gasteiger partial charge in [-0.3, -0.25) is 14.7 Å². The minimum atomic E-state index is -4.41. The number of amides is 1. The lowest BCUT2D eigenvalue weighted by Gasteiger charge is -2.36. The number of piperazine rings is 1. The van der Waals surface area contributed by atoms with E-state index in [1.165, 1.54) is 4.88 Å². The average Bonchev–Trinajstić information content (AvgIpc) is 3.00. The molecule has 28 heavy (non-hydrogen) atoms. The average molecular weight is 554 g/mol. The minimum Gasteiger partial charge on any atom is -0.347 e. The third kappa shape index (κ3) is 8.29. The fourth-order valence-corrected chi connectivity index (χ4v) is 3.88. The van der Waals surface area contributed by atoms with Gasteiger partial charge in [0.1, 0.15) is 6.54 Å². The van der Waals surface area contributed by atoms with Gasteiger partial charge in [0.2, 0.25) is 5.91 Å². The molecule has 0 saturated carbocycles. The Morgan fingerprint density at radius 1 is 1.32 bits per heavy atom. The number of aliphatic imine (C=N–C) groups is 1. The number of hydrogen-bond donors (Lipinski definition) is 1. The van der Waals surface area contributed by atoms with Gasteiger partial charge in [-0.1, -0.05) is 11.6 Å². The van der Waals surface area contributed by atoms with Crippen LogP contribution in [0.4, 0.5) is 13.2 Å². The van der Waals surface area contributed by atoms with Crippen molar-refractivity contribution in [3.05, 3.63) is 21.3 Å². The van der Waals surface area contributed by atoms with Crippen LogP contribution in [-0.4, -0.2) is 86.1 Å². The number of alkyl halides is 3. The second-order valence-corrected chi connectivity index (χ2v) is 8.03. The van der Waals surface area contributed by atoms with Gasteiger partial charge in [0.15, 0.2) is 5.96 Å². The Hall–Kier alpha value is -0.790. The summed E-state index contributed by atoms with van der Waals surface area (Å²) in [5.74, 6) is -0.121. The Bertz CT molecular complexity index is 665. The van der Waals surface area contributed by atoms with E-state index < -0.39 is 18.6 Å². The number of hydrogen-bond acceptors (Lipinski definition) is 4. The van der Waals surface area contributed by atoms with E-state index in [0.717, 1.165) is 31.0 Å². The Balaban J connectivity index is 0.00000392. The van der Waals surface area contributed by atoms with Gasteiger partial charge in [-0.05, 0) is 12.1 Å². The lowest BCUT2D eigenvalue weighted by Crippen LogP contribution is -2.53. The Labute approximate surface area is 188 Å². The van der Waals surface area contributed by atoms with E-state index in [2.05, 4.69) is 15.2 Å². The molecule has 2 heterocycles. The fourth-order valence-electron chi connectivity index (χ4n) is 2.75. The SMILES string of the molecule is CN=C(NCC(=O)N(C)CC(F)(F)F)N1CCN(Cc2ccc(Cl)s2)CC1.I. The molecule has 1 aliphatic heterocycles. The lowest BCUT2D eigenvalue weighted by atomic mass is 10.3. The first-order valence-electron chi connectivity index (χ1n) is 8.41. The first kappa shape index (κ1) is 25.2. The van der Waals surface area contributed by atoms with Crippen LogP contribution in [-0.2, 0) is 11.3 Å². The molecule has 0 radical (unpaired) electrons. The number of thiophene rings is 1. The van der Waals surface area contributed by atoms with Crippen LogP contribution in [0.5, 0.6) is 0 Å². The first-order valence-corrected chi connectivity index (χ1v) is 9.60. The van der Waals surface area contributed by atoms with Crippen molar-refractivity contribution in [2.75, 3.05) is 53.4 Å². The highest BCUT2D eigenvalue weighted by atomic mass is 127. The van der Waals surface area contributed by atoms with E-state index in [1.807, 2.05) is 17.0 Å². The van der Waals surface area contributed by atoms with Gasteiger partial charge < -0.3 is 15.1 Å². The van der Waals surface area contributed by atoms with Crippen LogP contribution in [0.15, 0.2) is 17.1 Å². The molecule has 1 amide bonds. The smallest absolute Gasteiger partial charge is 0.347 e. The zero-order valence-electron chi connectivity index (χ0n) is 15.6. The number of nitrogens with one attached hydrogen (secondary N) is 1. The molecule has 1 N–H and O–H groups in total. The molecule has 160 valence electrons. The van der Waals surface area contributed by atoms with Gasteiger partial charge in [-0.25, -0.2) is 0 Å². The standard InChI is InChI=1S/C16H23ClF3N5OS.HI/c1-21-15(22-9-14(26)23(2)11-16(18,19)20)25-7-5-24(6-8-25)10-12-3-4-13(17)27-12;/h3-4H,5-11H2,1-2H3,(H,21,22);1H. The van der Waals surface area contributed by atoms with Crippen LogP contribution < -0.4 is 5.32 Å². The number of rotatable bonds is 5. The minimum absolute atomic E-state index is 0. The van der Waals surface area contributed by atoms with Gasteiger partial charge in [0.25, 0.3) is 0 Å². The van der Waals surface area contributed by atoms with E-state index in [0.29, 0.717) is 23.9 Å². The molecule has 1 saturated heterocycles. The highest BCUT2D eigenvalue weighted by Crippen LogP contribution is 2.23. The summed E-state index contributed by atoms with van der Waals surface area (Å²) in [6, 6.07) is 3.90. The summed E-state index contributed by atoms with van der Waals surface area (Å²) in [5, 5.41) is 2.86. The zero-order valence-corrected chi connectivity index (χ0v) is 19.5. The molecule has 1 aromatic rings. The fraction of sp³-hybridized carbons (Fsp3) is 0.625. The van der Waals surface area contributed by atoms with E-state index in [1.54, 1.807) is 18.4 Å². The number of guanidine groups is 1. The zero-order chi connectivity index (χ0) is 20.0. The van der Waals surface area contributed by atoms with Crippen LogP contribution in [0, 0.1) is 0 Å². The van der Waals surface area contributed by atoms with Crippen LogP contribution in [0.25, 0.3) is 0 Å². The van der Waals surface area contributed by atoms with Crippen molar-refractivity contribution >= 4 is 58.8 Å². The Morgan fingerprint density at radius 3 is 2.46 bits per heavy atom. The van der Waals surface area contributed by atoms with E-state index in [4.69, 9.17) is 11.6 Å². The van der Waals surface area contributed by atoms with Crippen LogP contribution in [0.1, 0.15) is 4.88 Å². The molecule has 0 atom stereocenters. The lowest BCUT2D eigenvalue weighted by molar-refractivity contribution is -0.157. The molecule has 1 aromatic heterocycles. The number of halogens is 5. The molecule has 12 heteroatoms. The van der Waals surface area contributed by atoms with E-state index >= 15 is 0 Å². The summed E-state index contributed by atoms with van der Waals surface area (Å²) in [6.45, 7) is 2.40. The second kappa shape index (κ2) is 11.4. The molecule has 0 spiro atoms. The van der Waals surface area contributed by atoms with Crippen molar-refractivity contribution in [1.29, 1.82) is 0 Å². The van der Waals surface area contributed by atoms with E-state index in [-0.39, 0.29) is 30.5 Å². The Morgan fingerprint density at radius 2 is 1.96 bits per heavy atom. The maximum Gasteiger partial charge on any atom is 0.406 e. The van der Waals surface area contributed by atoms with Crippen molar-refractivity contribution in [3.8, 4) is 0 Å². The van der Waals surface area contributed by atoms with Crippen molar-refractivity contribution in [1.82, 2.24) is 20.0 Å². The second-order valence-electron chi connectivity index (χ2n) is 6.23. The summed E-state index contributed by atoms with van der Waals surface area (Å²) >= 11 is 7.52. The summed E-state index contributed by atoms with van der Waals surface area (Å²) in [4.78, 5) is 22.1. The van der Waals surface area contributed by atoms with Gasteiger partial charge in [0.05, 0.1) is 10.9 Å². The third-order valence-corrected chi connectivity index (χ3v) is 5.35. The molecule has 0 aromatic carbocycles. The summed E-state index contributed by atoms with van der Waals surface area (Å²) < 4.78 is 37.8. The first-order chi connectivity index (χ1) is 12.7. The van der Waals surface area contributed by atoms with Crippen molar-refractivity contribution in [3.63, 3.8) is 0 Å². The molecular weight excluding hydrogens is 530 g/mol. The molecule has 0 unspecified atom stereocenters. The van der Waals surface area contributed by atoms with Crippen LogP contribution >= 0.6 is 46.9 Å². The number of carbonyl (C=O) groups is 1. The van der Waals surface area contributed by atoms with Gasteiger partial charge in [-0.15, -0.1) is 35.3 Å². The molecule has 6 nitrogen and oxygen atoms in total. The predicted octanol–water partition coefficient (Wildman–Crippen LogP) is 2.73. The summed E-state index contributed by atoms with van der Waals surface area (Å²) in [5.41, 5.74) is 0. The van der Waals surface area contributed by atoms with Crippen molar-refractivity contribution in [2.24, 2.45) is 4.99 Å². The number of carbonyl (C=O) groups excluding carboxylic acids is 1. The molecule has 1 fully saturated rings. The summed E-state index contributed by atoms with van der Waals surface area (Å²) in [7, 11) is 2.72. The number of likely N-dealkylation sites (N-methyl/N-ethyl adjacent to an activating group) is 1. The summed E-state index contributed by atoms with van der Waals surface area (Å²) in [6.07, 6.45) is -4.41. The normalized spacial score (nSPS) is 15.9. The van der Waals surface area contributed by atoms with Crippen molar-refractivity contribution in [2.45, 2.75) is 12.7 Å². The van der Waals surface area contributed by atoms with Crippen molar-refractivity contribution < 1.29 is 18.0 Å². The maximum atomic E-state index is 12.4. The van der Waals surface area contributed by atoms with Crippen LogP contribution in [0.3, 0.4) is 0 Å². The molecule has 0 bridgehead atoms. The predicted molar refractivity (Wildman–Crippen MR) is 117 cm³/mol.